The van der Waals surface area contributed by atoms with Crippen LogP contribution in [0.1, 0.15) is 27.8 Å². The average Bonchev–Trinajstić information content (AvgIpc) is 2.79. The first-order valence-corrected chi connectivity index (χ1v) is 11.1. The molecule has 0 heterocycles. The maximum Gasteiger partial charge on any atom is 0.242 e. The van der Waals surface area contributed by atoms with Crippen LogP contribution in [0.2, 0.25) is 5.02 Å². The van der Waals surface area contributed by atoms with E-state index in [1.165, 1.54) is 0 Å². The smallest absolute Gasteiger partial charge is 0.242 e. The van der Waals surface area contributed by atoms with Crippen molar-refractivity contribution in [3.63, 3.8) is 0 Å². The van der Waals surface area contributed by atoms with Crippen molar-refractivity contribution in [2.45, 2.75) is 39.3 Å². The summed E-state index contributed by atoms with van der Waals surface area (Å²) >= 11 is 6.42. The van der Waals surface area contributed by atoms with Crippen molar-refractivity contribution in [1.29, 1.82) is 0 Å². The Morgan fingerprint density at radius 1 is 0.938 bits per heavy atom. The molecule has 3 aromatic carbocycles. The summed E-state index contributed by atoms with van der Waals surface area (Å²) in [5.74, 6) is -0.307. The Morgan fingerprint density at radius 3 is 2.31 bits per heavy atom. The lowest BCUT2D eigenvalue weighted by molar-refractivity contribution is -0.140. The van der Waals surface area contributed by atoms with E-state index in [4.69, 9.17) is 11.6 Å². The van der Waals surface area contributed by atoms with Gasteiger partial charge in [-0.2, -0.15) is 0 Å². The van der Waals surface area contributed by atoms with Gasteiger partial charge in [0.25, 0.3) is 0 Å². The molecule has 2 amide bonds. The second kappa shape index (κ2) is 11.0. The highest BCUT2D eigenvalue weighted by Gasteiger charge is 2.30. The molecule has 0 saturated carbocycles. The zero-order valence-corrected chi connectivity index (χ0v) is 19.5. The van der Waals surface area contributed by atoms with Gasteiger partial charge in [-0.3, -0.25) is 9.59 Å². The third kappa shape index (κ3) is 5.98. The average molecular weight is 449 g/mol. The van der Waals surface area contributed by atoms with Crippen molar-refractivity contribution in [2.24, 2.45) is 0 Å². The lowest BCUT2D eigenvalue weighted by atomic mass is 9.99. The van der Waals surface area contributed by atoms with Crippen molar-refractivity contribution >= 4 is 23.4 Å². The van der Waals surface area contributed by atoms with Crippen LogP contribution in [0.25, 0.3) is 0 Å². The van der Waals surface area contributed by atoms with Crippen LogP contribution in [0.15, 0.2) is 72.8 Å². The maximum atomic E-state index is 13.6. The van der Waals surface area contributed by atoms with E-state index in [9.17, 15) is 9.59 Å². The Morgan fingerprint density at radius 2 is 1.62 bits per heavy atom. The van der Waals surface area contributed by atoms with Crippen LogP contribution in [0.4, 0.5) is 0 Å². The van der Waals surface area contributed by atoms with E-state index in [0.29, 0.717) is 11.4 Å². The minimum atomic E-state index is -0.656. The normalized spacial score (nSPS) is 11.6. The highest BCUT2D eigenvalue weighted by Crippen LogP contribution is 2.22. The predicted octanol–water partition coefficient (Wildman–Crippen LogP) is 4.89. The van der Waals surface area contributed by atoms with Gasteiger partial charge in [-0.15, -0.1) is 0 Å². The number of hydrogen-bond acceptors (Lipinski definition) is 2. The zero-order valence-electron chi connectivity index (χ0n) is 18.8. The van der Waals surface area contributed by atoms with Gasteiger partial charge < -0.3 is 10.2 Å². The minimum Gasteiger partial charge on any atom is -0.357 e. The number of amides is 2. The summed E-state index contributed by atoms with van der Waals surface area (Å²) in [6.07, 6.45) is 0.643. The largest absolute Gasteiger partial charge is 0.357 e. The fourth-order valence-electron chi connectivity index (χ4n) is 3.79. The van der Waals surface area contributed by atoms with E-state index in [1.807, 2.05) is 80.6 Å². The van der Waals surface area contributed by atoms with Crippen LogP contribution in [-0.2, 0) is 29.0 Å². The molecule has 3 aromatic rings. The predicted molar refractivity (Wildman–Crippen MR) is 130 cm³/mol. The number of carbonyl (C=O) groups is 2. The molecule has 32 heavy (non-hydrogen) atoms. The van der Waals surface area contributed by atoms with Crippen molar-refractivity contribution in [3.8, 4) is 0 Å². The number of benzene rings is 3. The van der Waals surface area contributed by atoms with Gasteiger partial charge in [0.1, 0.15) is 6.04 Å². The van der Waals surface area contributed by atoms with Crippen LogP contribution in [-0.4, -0.2) is 29.8 Å². The standard InChI is InChI=1S/C27H29ClN2O2/c1-19-13-14-20(2)23(15-19)17-26(31)30(18-22-11-7-8-12-24(22)28)25(27(32)29-3)16-21-9-5-4-6-10-21/h4-15,25H,16-18H2,1-3H3,(H,29,32)/t25-/m1/s1. The van der Waals surface area contributed by atoms with E-state index in [1.54, 1.807) is 18.0 Å². The molecule has 0 bridgehead atoms. The van der Waals surface area contributed by atoms with Crippen molar-refractivity contribution in [2.75, 3.05) is 7.05 Å². The Balaban J connectivity index is 1.98. The molecule has 0 spiro atoms. The maximum absolute atomic E-state index is 13.6. The van der Waals surface area contributed by atoms with E-state index in [2.05, 4.69) is 5.32 Å². The van der Waals surface area contributed by atoms with Crippen molar-refractivity contribution < 1.29 is 9.59 Å². The van der Waals surface area contributed by atoms with Gasteiger partial charge in [0.05, 0.1) is 6.42 Å². The molecule has 0 aromatic heterocycles. The van der Waals surface area contributed by atoms with E-state index >= 15 is 0 Å². The fourth-order valence-corrected chi connectivity index (χ4v) is 3.98. The second-order valence-electron chi connectivity index (χ2n) is 8.04. The molecule has 5 heteroatoms. The molecule has 0 aliphatic heterocycles. The SMILES string of the molecule is CNC(=O)[C@@H](Cc1ccccc1)N(Cc1ccccc1Cl)C(=O)Cc1cc(C)ccc1C. The molecule has 0 aliphatic carbocycles. The molecule has 0 fully saturated rings. The number of carbonyl (C=O) groups excluding carboxylic acids is 2. The molecule has 1 N–H and O–H groups in total. The van der Waals surface area contributed by atoms with E-state index in [-0.39, 0.29) is 24.8 Å². The number of rotatable bonds is 8. The number of nitrogens with one attached hydrogen (secondary N) is 1. The molecule has 166 valence electrons. The van der Waals surface area contributed by atoms with Gasteiger partial charge in [0.2, 0.25) is 11.8 Å². The van der Waals surface area contributed by atoms with Gasteiger partial charge in [-0.1, -0.05) is 83.9 Å². The van der Waals surface area contributed by atoms with Gasteiger partial charge in [-0.25, -0.2) is 0 Å². The Kier molecular flexibility index (Phi) is 8.07. The highest BCUT2D eigenvalue weighted by molar-refractivity contribution is 6.31. The third-order valence-corrected chi connectivity index (χ3v) is 6.03. The number of likely N-dealkylation sites (N-methyl/N-ethyl adjacent to an activating group) is 1. The van der Waals surface area contributed by atoms with E-state index < -0.39 is 6.04 Å². The summed E-state index contributed by atoms with van der Waals surface area (Å²) in [4.78, 5) is 28.3. The van der Waals surface area contributed by atoms with Gasteiger partial charge >= 0.3 is 0 Å². The van der Waals surface area contributed by atoms with Gasteiger partial charge in [0.15, 0.2) is 0 Å². The summed E-state index contributed by atoms with van der Waals surface area (Å²) in [5.41, 5.74) is 4.93. The Labute approximate surface area is 195 Å². The molecule has 4 nitrogen and oxygen atoms in total. The van der Waals surface area contributed by atoms with Gasteiger partial charge in [-0.05, 0) is 42.2 Å². The minimum absolute atomic E-state index is 0.108. The third-order valence-electron chi connectivity index (χ3n) is 5.66. The lowest BCUT2D eigenvalue weighted by Crippen LogP contribution is -2.50. The Hall–Kier alpha value is -3.11. The van der Waals surface area contributed by atoms with Crippen LogP contribution in [0.5, 0.6) is 0 Å². The topological polar surface area (TPSA) is 49.4 Å². The number of halogens is 1. The first kappa shape index (κ1) is 23.6. The second-order valence-corrected chi connectivity index (χ2v) is 8.45. The molecular weight excluding hydrogens is 420 g/mol. The molecule has 0 aliphatic rings. The summed E-state index contributed by atoms with van der Waals surface area (Å²) in [5, 5.41) is 3.32. The summed E-state index contributed by atoms with van der Waals surface area (Å²) in [7, 11) is 1.60. The molecule has 3 rings (SSSR count). The molecule has 0 saturated heterocycles. The van der Waals surface area contributed by atoms with Crippen LogP contribution in [0, 0.1) is 13.8 Å². The number of nitrogens with zero attached hydrogens (tertiary/aromatic N) is 1. The van der Waals surface area contributed by atoms with E-state index in [0.717, 1.165) is 27.8 Å². The first-order chi connectivity index (χ1) is 15.4. The number of aryl methyl sites for hydroxylation is 2. The summed E-state index contributed by atoms with van der Waals surface area (Å²) in [6, 6.07) is 22.6. The van der Waals surface area contributed by atoms with Crippen molar-refractivity contribution in [1.82, 2.24) is 10.2 Å². The molecular formula is C27H29ClN2O2. The number of hydrogen-bond donors (Lipinski definition) is 1. The zero-order chi connectivity index (χ0) is 23.1. The lowest BCUT2D eigenvalue weighted by Gasteiger charge is -2.31. The molecule has 1 atom stereocenters. The Bertz CT molecular complexity index is 1080. The molecule has 0 unspecified atom stereocenters. The fraction of sp³-hybridized carbons (Fsp3) is 0.259. The van der Waals surface area contributed by atoms with Crippen LogP contribution >= 0.6 is 11.6 Å². The molecule has 0 radical (unpaired) electrons. The van der Waals surface area contributed by atoms with Crippen LogP contribution in [0.3, 0.4) is 0 Å². The first-order valence-electron chi connectivity index (χ1n) is 10.7. The summed E-state index contributed by atoms with van der Waals surface area (Å²) in [6.45, 7) is 4.27. The highest BCUT2D eigenvalue weighted by atomic mass is 35.5. The van der Waals surface area contributed by atoms with Crippen LogP contribution < -0.4 is 5.32 Å². The monoisotopic (exact) mass is 448 g/mol. The quantitative estimate of drug-likeness (QED) is 0.533. The summed E-state index contributed by atoms with van der Waals surface area (Å²) < 4.78 is 0. The van der Waals surface area contributed by atoms with Gasteiger partial charge in [0, 0.05) is 25.0 Å². The van der Waals surface area contributed by atoms with Crippen molar-refractivity contribution in [3.05, 3.63) is 106 Å².